The molecule has 5 heteroatoms. The van der Waals surface area contributed by atoms with Gasteiger partial charge in [0.05, 0.1) is 17.9 Å². The molecule has 1 heterocycles. The Balaban J connectivity index is 2.42. The highest BCUT2D eigenvalue weighted by Crippen LogP contribution is 2.22. The average molecular weight is 234 g/mol. The number of halogens is 1. The van der Waals surface area contributed by atoms with Gasteiger partial charge in [-0.2, -0.15) is 0 Å². The summed E-state index contributed by atoms with van der Waals surface area (Å²) >= 11 is 0. The Morgan fingerprint density at radius 1 is 1.41 bits per heavy atom. The van der Waals surface area contributed by atoms with Gasteiger partial charge in [-0.15, -0.1) is 5.10 Å². The quantitative estimate of drug-likeness (QED) is 0.876. The maximum atomic E-state index is 13.2. The number of nitrogens with zero attached hydrogens (tertiary/aromatic N) is 3. The molecule has 0 radical (unpaired) electrons. The van der Waals surface area contributed by atoms with Crippen LogP contribution in [0.5, 0.6) is 0 Å². The normalized spacial score (nSPS) is 12.7. The summed E-state index contributed by atoms with van der Waals surface area (Å²) < 4.78 is 14.9. The lowest BCUT2D eigenvalue weighted by molar-refractivity contribution is 0.590. The fourth-order valence-corrected chi connectivity index (χ4v) is 1.89. The minimum absolute atomic E-state index is 0.0331. The smallest absolute Gasteiger partial charge is 0.126 e. The van der Waals surface area contributed by atoms with Crippen molar-refractivity contribution in [3.8, 4) is 0 Å². The van der Waals surface area contributed by atoms with Gasteiger partial charge in [-0.1, -0.05) is 17.3 Å². The zero-order chi connectivity index (χ0) is 12.4. The van der Waals surface area contributed by atoms with E-state index in [4.69, 9.17) is 0 Å². The molecule has 1 N–H and O–H groups in total. The summed E-state index contributed by atoms with van der Waals surface area (Å²) in [5.41, 5.74) is 2.58. The first kappa shape index (κ1) is 11.7. The third-order valence-corrected chi connectivity index (χ3v) is 2.85. The molecule has 2 aromatic rings. The molecule has 0 aliphatic heterocycles. The van der Waals surface area contributed by atoms with E-state index in [0.717, 1.165) is 11.3 Å². The summed E-state index contributed by atoms with van der Waals surface area (Å²) in [5.74, 6) is -0.188. The number of hydrogen-bond donors (Lipinski definition) is 1. The highest BCUT2D eigenvalue weighted by Gasteiger charge is 2.16. The van der Waals surface area contributed by atoms with E-state index >= 15 is 0 Å². The molecule has 1 aromatic carbocycles. The van der Waals surface area contributed by atoms with E-state index in [1.165, 1.54) is 6.07 Å². The van der Waals surface area contributed by atoms with E-state index in [9.17, 15) is 4.39 Å². The van der Waals surface area contributed by atoms with E-state index in [1.54, 1.807) is 23.9 Å². The van der Waals surface area contributed by atoms with Crippen molar-refractivity contribution in [3.05, 3.63) is 47.0 Å². The van der Waals surface area contributed by atoms with Crippen molar-refractivity contribution >= 4 is 0 Å². The summed E-state index contributed by atoms with van der Waals surface area (Å²) in [5, 5.41) is 10.9. The molecule has 0 amide bonds. The summed E-state index contributed by atoms with van der Waals surface area (Å²) in [6, 6.07) is 5.06. The topological polar surface area (TPSA) is 42.7 Å². The zero-order valence-corrected chi connectivity index (χ0v) is 10.1. The van der Waals surface area contributed by atoms with E-state index in [-0.39, 0.29) is 11.9 Å². The van der Waals surface area contributed by atoms with Crippen molar-refractivity contribution < 1.29 is 4.39 Å². The standard InChI is InChI=1S/C12H15FN4/c1-8-6-9(4-5-10(8)13)12(14-2)11-7-15-16-17(11)3/h4-7,12,14H,1-3H3. The fourth-order valence-electron chi connectivity index (χ4n) is 1.89. The molecule has 0 saturated heterocycles. The van der Waals surface area contributed by atoms with Crippen molar-refractivity contribution in [3.63, 3.8) is 0 Å². The summed E-state index contributed by atoms with van der Waals surface area (Å²) in [4.78, 5) is 0. The molecule has 0 aliphatic carbocycles. The predicted octanol–water partition coefficient (Wildman–Crippen LogP) is 1.57. The summed E-state index contributed by atoms with van der Waals surface area (Å²) in [6.07, 6.45) is 1.71. The minimum Gasteiger partial charge on any atom is -0.308 e. The van der Waals surface area contributed by atoms with Gasteiger partial charge in [-0.25, -0.2) is 4.39 Å². The molecular weight excluding hydrogens is 219 g/mol. The molecule has 0 spiro atoms. The molecule has 0 saturated carbocycles. The molecule has 1 aromatic heterocycles. The molecule has 1 unspecified atom stereocenters. The maximum Gasteiger partial charge on any atom is 0.126 e. The lowest BCUT2D eigenvalue weighted by atomic mass is 10.0. The fraction of sp³-hybridized carbons (Fsp3) is 0.333. The van der Waals surface area contributed by atoms with Crippen LogP contribution in [-0.2, 0) is 7.05 Å². The van der Waals surface area contributed by atoms with Crippen LogP contribution in [0.15, 0.2) is 24.4 Å². The van der Waals surface area contributed by atoms with Crippen LogP contribution in [0.25, 0.3) is 0 Å². The Labute approximate surface area is 99.5 Å². The van der Waals surface area contributed by atoms with Crippen molar-refractivity contribution in [1.29, 1.82) is 0 Å². The molecule has 1 atom stereocenters. The molecule has 0 aliphatic rings. The second kappa shape index (κ2) is 4.63. The average Bonchev–Trinajstić information content (AvgIpc) is 2.71. The Morgan fingerprint density at radius 3 is 2.71 bits per heavy atom. The lowest BCUT2D eigenvalue weighted by Gasteiger charge is -2.16. The van der Waals surface area contributed by atoms with Crippen LogP contribution >= 0.6 is 0 Å². The monoisotopic (exact) mass is 234 g/mol. The van der Waals surface area contributed by atoms with Crippen molar-refractivity contribution in [2.24, 2.45) is 7.05 Å². The van der Waals surface area contributed by atoms with Gasteiger partial charge in [0, 0.05) is 7.05 Å². The van der Waals surface area contributed by atoms with Crippen molar-refractivity contribution in [1.82, 2.24) is 20.3 Å². The van der Waals surface area contributed by atoms with Crippen LogP contribution in [0.2, 0.25) is 0 Å². The minimum atomic E-state index is -0.188. The largest absolute Gasteiger partial charge is 0.308 e. The zero-order valence-electron chi connectivity index (χ0n) is 10.1. The van der Waals surface area contributed by atoms with Gasteiger partial charge in [-0.3, -0.25) is 4.68 Å². The number of aryl methyl sites for hydroxylation is 2. The van der Waals surface area contributed by atoms with Gasteiger partial charge >= 0.3 is 0 Å². The van der Waals surface area contributed by atoms with Gasteiger partial charge in [0.25, 0.3) is 0 Å². The highest BCUT2D eigenvalue weighted by atomic mass is 19.1. The van der Waals surface area contributed by atoms with Gasteiger partial charge in [-0.05, 0) is 31.2 Å². The third kappa shape index (κ3) is 2.19. The number of hydrogen-bond acceptors (Lipinski definition) is 3. The van der Waals surface area contributed by atoms with Crippen LogP contribution < -0.4 is 5.32 Å². The highest BCUT2D eigenvalue weighted by molar-refractivity contribution is 5.31. The number of aromatic nitrogens is 3. The molecular formula is C12H15FN4. The van der Waals surface area contributed by atoms with Crippen molar-refractivity contribution in [2.75, 3.05) is 7.05 Å². The Bertz CT molecular complexity index is 521. The van der Waals surface area contributed by atoms with Crippen LogP contribution in [0.3, 0.4) is 0 Å². The first-order valence-corrected chi connectivity index (χ1v) is 5.41. The van der Waals surface area contributed by atoms with Crippen LogP contribution in [0.4, 0.5) is 4.39 Å². The molecule has 90 valence electrons. The summed E-state index contributed by atoms with van der Waals surface area (Å²) in [6.45, 7) is 1.76. The van der Waals surface area contributed by atoms with E-state index < -0.39 is 0 Å². The summed E-state index contributed by atoms with van der Waals surface area (Å²) in [7, 11) is 3.69. The van der Waals surface area contributed by atoms with Crippen molar-refractivity contribution in [2.45, 2.75) is 13.0 Å². The lowest BCUT2D eigenvalue weighted by Crippen LogP contribution is -2.20. The van der Waals surface area contributed by atoms with Gasteiger partial charge in [0.2, 0.25) is 0 Å². The predicted molar refractivity (Wildman–Crippen MR) is 63.0 cm³/mol. The number of benzene rings is 1. The SMILES string of the molecule is CNC(c1ccc(F)c(C)c1)c1cnnn1C. The molecule has 0 fully saturated rings. The molecule has 4 nitrogen and oxygen atoms in total. The molecule has 17 heavy (non-hydrogen) atoms. The Morgan fingerprint density at radius 2 is 2.18 bits per heavy atom. The van der Waals surface area contributed by atoms with Gasteiger partial charge < -0.3 is 5.32 Å². The van der Waals surface area contributed by atoms with E-state index in [1.807, 2.05) is 20.2 Å². The second-order valence-electron chi connectivity index (χ2n) is 4.01. The van der Waals surface area contributed by atoms with Crippen LogP contribution in [0.1, 0.15) is 22.9 Å². The Kier molecular flexibility index (Phi) is 3.19. The third-order valence-electron chi connectivity index (χ3n) is 2.85. The number of nitrogens with one attached hydrogen (secondary N) is 1. The van der Waals surface area contributed by atoms with Crippen LogP contribution in [0, 0.1) is 12.7 Å². The Hall–Kier alpha value is -1.75. The number of rotatable bonds is 3. The first-order valence-electron chi connectivity index (χ1n) is 5.41. The van der Waals surface area contributed by atoms with Gasteiger partial charge in [0.1, 0.15) is 5.82 Å². The van der Waals surface area contributed by atoms with Gasteiger partial charge in [0.15, 0.2) is 0 Å². The molecule has 2 rings (SSSR count). The van der Waals surface area contributed by atoms with E-state index in [0.29, 0.717) is 5.56 Å². The first-order chi connectivity index (χ1) is 8.13. The maximum absolute atomic E-state index is 13.2. The van der Waals surface area contributed by atoms with Crippen LogP contribution in [-0.4, -0.2) is 22.0 Å². The molecule has 0 bridgehead atoms. The second-order valence-corrected chi connectivity index (χ2v) is 4.01. The van der Waals surface area contributed by atoms with E-state index in [2.05, 4.69) is 15.6 Å².